The molecule has 1 saturated heterocycles. The van der Waals surface area contributed by atoms with Crippen molar-refractivity contribution in [2.45, 2.75) is 25.8 Å². The van der Waals surface area contributed by atoms with Gasteiger partial charge in [-0.3, -0.25) is 0 Å². The van der Waals surface area contributed by atoms with Crippen LogP contribution in [0.15, 0.2) is 66.9 Å². The number of nitrogens with zero attached hydrogens (tertiary/aromatic N) is 3. The van der Waals surface area contributed by atoms with Gasteiger partial charge < -0.3 is 15.5 Å². The third kappa shape index (κ3) is 4.37. The minimum absolute atomic E-state index is 0.175. The Bertz CT molecular complexity index is 857. The largest absolute Gasteiger partial charge is 0.372 e. The molecule has 0 saturated carbocycles. The Labute approximate surface area is 160 Å². The van der Waals surface area contributed by atoms with Gasteiger partial charge in [0, 0.05) is 36.7 Å². The summed E-state index contributed by atoms with van der Waals surface area (Å²) in [5, 5.41) is 6.73. The van der Waals surface area contributed by atoms with Crippen LogP contribution in [0, 0.1) is 0 Å². The second-order valence-corrected chi connectivity index (χ2v) is 6.91. The lowest BCUT2D eigenvalue weighted by atomic mass is 10.1. The van der Waals surface area contributed by atoms with E-state index in [4.69, 9.17) is 0 Å². The van der Waals surface area contributed by atoms with Crippen molar-refractivity contribution < 1.29 is 0 Å². The average molecular weight is 359 g/mol. The molecule has 0 amide bonds. The van der Waals surface area contributed by atoms with Crippen LogP contribution in [0.2, 0.25) is 0 Å². The third-order valence-corrected chi connectivity index (χ3v) is 4.91. The highest BCUT2D eigenvalue weighted by Gasteiger charge is 2.12. The highest BCUT2D eigenvalue weighted by atomic mass is 15.2. The van der Waals surface area contributed by atoms with E-state index >= 15 is 0 Å². The van der Waals surface area contributed by atoms with Gasteiger partial charge in [-0.15, -0.1) is 0 Å². The van der Waals surface area contributed by atoms with Crippen LogP contribution in [0.4, 0.5) is 23.1 Å². The fourth-order valence-corrected chi connectivity index (χ4v) is 3.41. The number of hydrogen-bond donors (Lipinski definition) is 2. The first-order valence-electron chi connectivity index (χ1n) is 9.54. The highest BCUT2D eigenvalue weighted by molar-refractivity contribution is 5.60. The molecule has 4 rings (SSSR count). The summed E-state index contributed by atoms with van der Waals surface area (Å²) in [6.07, 6.45) is 4.35. The predicted molar refractivity (Wildman–Crippen MR) is 112 cm³/mol. The molecule has 2 aromatic carbocycles. The summed E-state index contributed by atoms with van der Waals surface area (Å²) in [6, 6.07) is 20.9. The molecule has 1 aliphatic rings. The van der Waals surface area contributed by atoms with Gasteiger partial charge in [-0.1, -0.05) is 30.3 Å². The summed E-state index contributed by atoms with van der Waals surface area (Å²) in [7, 11) is 0. The molecular formula is C22H25N5. The van der Waals surface area contributed by atoms with E-state index in [9.17, 15) is 0 Å². The minimum atomic E-state index is 0.175. The first-order valence-corrected chi connectivity index (χ1v) is 9.54. The SMILES string of the molecule is CC(Nc1ccnc(Nc2ccc(N3CCCC3)cc2)n1)c1ccccc1. The van der Waals surface area contributed by atoms with Crippen LogP contribution >= 0.6 is 0 Å². The topological polar surface area (TPSA) is 53.1 Å². The molecule has 1 aliphatic heterocycles. The van der Waals surface area contributed by atoms with Gasteiger partial charge in [-0.05, 0) is 55.7 Å². The van der Waals surface area contributed by atoms with Crippen LogP contribution in [0.3, 0.4) is 0 Å². The Hall–Kier alpha value is -3.08. The van der Waals surface area contributed by atoms with Gasteiger partial charge in [-0.25, -0.2) is 4.98 Å². The van der Waals surface area contributed by atoms with Gasteiger partial charge >= 0.3 is 0 Å². The fourth-order valence-electron chi connectivity index (χ4n) is 3.41. The molecule has 0 radical (unpaired) electrons. The van der Waals surface area contributed by atoms with Gasteiger partial charge in [0.1, 0.15) is 5.82 Å². The highest BCUT2D eigenvalue weighted by Crippen LogP contribution is 2.24. The Morgan fingerprint density at radius 1 is 0.926 bits per heavy atom. The van der Waals surface area contributed by atoms with Crippen molar-refractivity contribution in [2.24, 2.45) is 0 Å². The van der Waals surface area contributed by atoms with E-state index in [-0.39, 0.29) is 6.04 Å². The van der Waals surface area contributed by atoms with Gasteiger partial charge in [0.05, 0.1) is 0 Å². The summed E-state index contributed by atoms with van der Waals surface area (Å²) in [5.74, 6) is 1.40. The number of hydrogen-bond acceptors (Lipinski definition) is 5. The summed E-state index contributed by atoms with van der Waals surface area (Å²) < 4.78 is 0. The normalized spacial score (nSPS) is 14.8. The number of anilines is 4. The monoisotopic (exact) mass is 359 g/mol. The van der Waals surface area contributed by atoms with Crippen molar-refractivity contribution in [3.63, 3.8) is 0 Å². The maximum atomic E-state index is 4.59. The summed E-state index contributed by atoms with van der Waals surface area (Å²) >= 11 is 0. The standard InChI is InChI=1S/C22H25N5/c1-17(18-7-3-2-4-8-18)24-21-13-14-23-22(26-21)25-19-9-11-20(12-10-19)27-15-5-6-16-27/h2-4,7-14,17H,5-6,15-16H2,1H3,(H2,23,24,25,26). The van der Waals surface area contributed by atoms with Gasteiger partial charge in [0.2, 0.25) is 5.95 Å². The lowest BCUT2D eigenvalue weighted by Gasteiger charge is -2.18. The van der Waals surface area contributed by atoms with Crippen molar-refractivity contribution in [1.82, 2.24) is 9.97 Å². The number of benzene rings is 2. The molecule has 2 N–H and O–H groups in total. The maximum absolute atomic E-state index is 4.59. The maximum Gasteiger partial charge on any atom is 0.229 e. The average Bonchev–Trinajstić information content (AvgIpc) is 3.24. The minimum Gasteiger partial charge on any atom is -0.372 e. The van der Waals surface area contributed by atoms with E-state index in [0.29, 0.717) is 5.95 Å². The predicted octanol–water partition coefficient (Wildman–Crippen LogP) is 4.99. The van der Waals surface area contributed by atoms with Crippen molar-refractivity contribution in [2.75, 3.05) is 28.6 Å². The number of aromatic nitrogens is 2. The van der Waals surface area contributed by atoms with Gasteiger partial charge in [0.15, 0.2) is 0 Å². The first kappa shape index (κ1) is 17.3. The van der Waals surface area contributed by atoms with Crippen molar-refractivity contribution in [1.29, 1.82) is 0 Å². The zero-order valence-corrected chi connectivity index (χ0v) is 15.6. The molecular weight excluding hydrogens is 334 g/mol. The smallest absolute Gasteiger partial charge is 0.229 e. The zero-order chi connectivity index (χ0) is 18.5. The summed E-state index contributed by atoms with van der Waals surface area (Å²) in [5.41, 5.74) is 3.50. The first-order chi connectivity index (χ1) is 13.3. The van der Waals surface area contributed by atoms with Crippen LogP contribution in [0.1, 0.15) is 31.4 Å². The fraction of sp³-hybridized carbons (Fsp3) is 0.273. The second-order valence-electron chi connectivity index (χ2n) is 6.91. The van der Waals surface area contributed by atoms with E-state index in [1.54, 1.807) is 6.20 Å². The van der Waals surface area contributed by atoms with Crippen LogP contribution in [0.25, 0.3) is 0 Å². The quantitative estimate of drug-likeness (QED) is 0.649. The molecule has 5 nitrogen and oxygen atoms in total. The Balaban J connectivity index is 1.41. The van der Waals surface area contributed by atoms with E-state index in [1.807, 2.05) is 24.3 Å². The van der Waals surface area contributed by atoms with E-state index < -0.39 is 0 Å². The van der Waals surface area contributed by atoms with Crippen molar-refractivity contribution in [3.05, 3.63) is 72.4 Å². The molecule has 0 bridgehead atoms. The molecule has 1 aromatic heterocycles. The second kappa shape index (κ2) is 8.08. The Kier molecular flexibility index (Phi) is 5.19. The molecule has 138 valence electrons. The molecule has 0 spiro atoms. The summed E-state index contributed by atoms with van der Waals surface area (Å²) in [4.78, 5) is 11.4. The van der Waals surface area contributed by atoms with Crippen molar-refractivity contribution in [3.8, 4) is 0 Å². The Morgan fingerprint density at radius 2 is 1.67 bits per heavy atom. The van der Waals surface area contributed by atoms with Gasteiger partial charge in [-0.2, -0.15) is 4.98 Å². The van der Waals surface area contributed by atoms with E-state index in [0.717, 1.165) is 24.6 Å². The van der Waals surface area contributed by atoms with Crippen LogP contribution in [-0.2, 0) is 0 Å². The van der Waals surface area contributed by atoms with E-state index in [1.165, 1.54) is 24.1 Å². The van der Waals surface area contributed by atoms with Crippen LogP contribution in [0.5, 0.6) is 0 Å². The lowest BCUT2D eigenvalue weighted by Crippen LogP contribution is -2.17. The van der Waals surface area contributed by atoms with Crippen LogP contribution in [-0.4, -0.2) is 23.1 Å². The molecule has 1 fully saturated rings. The molecule has 3 aromatic rings. The Morgan fingerprint density at radius 3 is 2.41 bits per heavy atom. The molecule has 1 unspecified atom stereocenters. The lowest BCUT2D eigenvalue weighted by molar-refractivity contribution is 0.873. The molecule has 0 aliphatic carbocycles. The molecule has 1 atom stereocenters. The third-order valence-electron chi connectivity index (χ3n) is 4.91. The van der Waals surface area contributed by atoms with Gasteiger partial charge in [0.25, 0.3) is 0 Å². The number of nitrogens with one attached hydrogen (secondary N) is 2. The zero-order valence-electron chi connectivity index (χ0n) is 15.6. The van der Waals surface area contributed by atoms with Crippen molar-refractivity contribution >= 4 is 23.1 Å². The summed E-state index contributed by atoms with van der Waals surface area (Å²) in [6.45, 7) is 4.44. The molecule has 5 heteroatoms. The van der Waals surface area contributed by atoms with E-state index in [2.05, 4.69) is 68.8 Å². The number of rotatable bonds is 6. The molecule has 27 heavy (non-hydrogen) atoms. The van der Waals surface area contributed by atoms with Crippen LogP contribution < -0.4 is 15.5 Å². The molecule has 2 heterocycles.